The molecule has 7 N–H and O–H groups in total. The standard InChI is InChI=1S/C10H10I3N3O4/c11-4-3(5(12)8(15)6(13)7(4)14)9(19)10(20)16-2(18)1-17/h9,17,19H,1,14-15H2,(H,16,18,20). The molecule has 1 aromatic rings. The number of hydrogen-bond donors (Lipinski definition) is 5. The molecule has 0 bridgehead atoms. The maximum Gasteiger partial charge on any atom is 0.260 e. The maximum absolute atomic E-state index is 11.7. The molecular weight excluding hydrogens is 607 g/mol. The van der Waals surface area contributed by atoms with Gasteiger partial charge < -0.3 is 21.7 Å². The Bertz CT molecular complexity index is 550. The van der Waals surface area contributed by atoms with Gasteiger partial charge in [-0.2, -0.15) is 0 Å². The number of nitrogens with two attached hydrogens (primary N) is 2. The van der Waals surface area contributed by atoms with Crippen molar-refractivity contribution in [1.82, 2.24) is 5.32 Å². The predicted molar refractivity (Wildman–Crippen MR) is 98.6 cm³/mol. The van der Waals surface area contributed by atoms with Gasteiger partial charge >= 0.3 is 0 Å². The van der Waals surface area contributed by atoms with Crippen LogP contribution in [0, 0.1) is 10.7 Å². The number of aliphatic hydroxyl groups is 2. The molecule has 1 aromatic carbocycles. The molecule has 0 aliphatic carbocycles. The van der Waals surface area contributed by atoms with Crippen molar-refractivity contribution in [2.45, 2.75) is 6.10 Å². The summed E-state index contributed by atoms with van der Waals surface area (Å²) >= 11 is 5.77. The highest BCUT2D eigenvalue weighted by molar-refractivity contribution is 14.1. The summed E-state index contributed by atoms with van der Waals surface area (Å²) in [5.41, 5.74) is 12.7. The largest absolute Gasteiger partial charge is 0.397 e. The van der Waals surface area contributed by atoms with E-state index in [4.69, 9.17) is 16.6 Å². The van der Waals surface area contributed by atoms with E-state index >= 15 is 0 Å². The summed E-state index contributed by atoms with van der Waals surface area (Å²) in [4.78, 5) is 22.7. The second-order valence-corrected chi connectivity index (χ2v) is 6.89. The molecule has 0 saturated carbocycles. The van der Waals surface area contributed by atoms with Gasteiger partial charge in [0.05, 0.1) is 14.9 Å². The Hall–Kier alpha value is 0.0700. The van der Waals surface area contributed by atoms with Crippen LogP contribution in [-0.4, -0.2) is 28.6 Å². The molecule has 1 unspecified atom stereocenters. The van der Waals surface area contributed by atoms with Crippen LogP contribution in [0.5, 0.6) is 0 Å². The molecule has 20 heavy (non-hydrogen) atoms. The number of aliphatic hydroxyl groups excluding tert-OH is 2. The minimum absolute atomic E-state index is 0.241. The molecule has 0 heterocycles. The molecule has 1 rings (SSSR count). The fraction of sp³-hybridized carbons (Fsp3) is 0.200. The highest BCUT2D eigenvalue weighted by Gasteiger charge is 2.27. The highest BCUT2D eigenvalue weighted by Crippen LogP contribution is 2.38. The summed E-state index contributed by atoms with van der Waals surface area (Å²) < 4.78 is 1.62. The number of nitrogens with one attached hydrogen (secondary N) is 1. The molecule has 0 fully saturated rings. The summed E-state index contributed by atoms with van der Waals surface area (Å²) in [6, 6.07) is 0. The number of amides is 2. The van der Waals surface area contributed by atoms with Gasteiger partial charge in [-0.25, -0.2) is 0 Å². The lowest BCUT2D eigenvalue weighted by Crippen LogP contribution is -2.37. The van der Waals surface area contributed by atoms with E-state index in [1.165, 1.54) is 0 Å². The van der Waals surface area contributed by atoms with Gasteiger partial charge in [0.15, 0.2) is 6.10 Å². The van der Waals surface area contributed by atoms with Gasteiger partial charge in [-0.1, -0.05) is 0 Å². The fourth-order valence-electron chi connectivity index (χ4n) is 1.34. The summed E-state index contributed by atoms with van der Waals surface area (Å²) in [6.45, 7) is -0.844. The third kappa shape index (κ3) is 3.63. The monoisotopic (exact) mass is 617 g/mol. The van der Waals surface area contributed by atoms with E-state index in [0.717, 1.165) is 0 Å². The van der Waals surface area contributed by atoms with Crippen molar-refractivity contribution in [3.63, 3.8) is 0 Å². The van der Waals surface area contributed by atoms with Crippen LogP contribution in [0.15, 0.2) is 0 Å². The van der Waals surface area contributed by atoms with Crippen molar-refractivity contribution >= 4 is 91.0 Å². The van der Waals surface area contributed by atoms with E-state index in [1.807, 2.05) is 73.1 Å². The first-order valence-electron chi connectivity index (χ1n) is 5.06. The molecule has 0 aromatic heterocycles. The molecule has 1 atom stereocenters. The van der Waals surface area contributed by atoms with Crippen molar-refractivity contribution in [1.29, 1.82) is 0 Å². The first kappa shape index (κ1) is 18.1. The van der Waals surface area contributed by atoms with Crippen LogP contribution in [0.4, 0.5) is 11.4 Å². The predicted octanol–water partition coefficient (Wildman–Crippen LogP) is 0.333. The Morgan fingerprint density at radius 2 is 1.55 bits per heavy atom. The zero-order valence-electron chi connectivity index (χ0n) is 9.78. The van der Waals surface area contributed by atoms with Crippen molar-refractivity contribution in [3.05, 3.63) is 16.3 Å². The molecule has 0 saturated heterocycles. The quantitative estimate of drug-likeness (QED) is 0.245. The van der Waals surface area contributed by atoms with Crippen molar-refractivity contribution in [2.24, 2.45) is 0 Å². The number of anilines is 2. The Kier molecular flexibility index (Phi) is 6.68. The molecule has 2 amide bonds. The van der Waals surface area contributed by atoms with Gasteiger partial charge in [0.1, 0.15) is 6.61 Å². The van der Waals surface area contributed by atoms with Gasteiger partial charge in [0.25, 0.3) is 11.8 Å². The minimum Gasteiger partial charge on any atom is -0.397 e. The number of halogens is 3. The topological polar surface area (TPSA) is 139 Å². The Labute approximate surface area is 155 Å². The van der Waals surface area contributed by atoms with Crippen LogP contribution in [-0.2, 0) is 9.59 Å². The molecular formula is C10H10I3N3O4. The summed E-state index contributed by atoms with van der Waals surface area (Å²) in [6.07, 6.45) is -1.61. The van der Waals surface area contributed by atoms with Crippen LogP contribution < -0.4 is 16.8 Å². The van der Waals surface area contributed by atoms with E-state index < -0.39 is 24.5 Å². The van der Waals surface area contributed by atoms with Gasteiger partial charge in [-0.05, 0) is 67.8 Å². The SMILES string of the molecule is Nc1c(I)c(N)c(I)c(C(O)C(=O)NC(=O)CO)c1I. The van der Waals surface area contributed by atoms with E-state index in [2.05, 4.69) is 0 Å². The van der Waals surface area contributed by atoms with E-state index in [1.54, 1.807) is 0 Å². The molecule has 0 spiro atoms. The highest BCUT2D eigenvalue weighted by atomic mass is 127. The first-order chi connectivity index (χ1) is 9.22. The third-order valence-electron chi connectivity index (χ3n) is 2.35. The van der Waals surface area contributed by atoms with Crippen molar-refractivity contribution in [2.75, 3.05) is 18.1 Å². The zero-order chi connectivity index (χ0) is 15.6. The zero-order valence-corrected chi connectivity index (χ0v) is 16.3. The average molecular weight is 617 g/mol. The van der Waals surface area contributed by atoms with Gasteiger partial charge in [0, 0.05) is 12.7 Å². The second-order valence-electron chi connectivity index (χ2n) is 3.66. The number of nitrogen functional groups attached to an aromatic ring is 2. The first-order valence-corrected chi connectivity index (χ1v) is 8.29. The van der Waals surface area contributed by atoms with Gasteiger partial charge in [-0.15, -0.1) is 0 Å². The van der Waals surface area contributed by atoms with E-state index in [-0.39, 0.29) is 5.56 Å². The Morgan fingerprint density at radius 1 is 1.10 bits per heavy atom. The van der Waals surface area contributed by atoms with Crippen LogP contribution in [0.1, 0.15) is 11.7 Å². The summed E-state index contributed by atoms with van der Waals surface area (Å²) in [5.74, 6) is -1.84. The average Bonchev–Trinajstić information content (AvgIpc) is 2.42. The summed E-state index contributed by atoms with van der Waals surface area (Å²) in [7, 11) is 0. The van der Waals surface area contributed by atoms with Crippen LogP contribution >= 0.6 is 67.8 Å². The molecule has 7 nitrogen and oxygen atoms in total. The number of imide groups is 1. The molecule has 0 aliphatic rings. The minimum atomic E-state index is -1.61. The van der Waals surface area contributed by atoms with Crippen molar-refractivity contribution < 1.29 is 19.8 Å². The molecule has 0 aliphatic heterocycles. The normalized spacial score (nSPS) is 12.1. The van der Waals surface area contributed by atoms with Gasteiger partial charge in [0.2, 0.25) is 0 Å². The number of carbonyl (C=O) groups is 2. The number of hydrogen-bond acceptors (Lipinski definition) is 6. The van der Waals surface area contributed by atoms with Crippen LogP contribution in [0.25, 0.3) is 0 Å². The molecule has 0 radical (unpaired) electrons. The maximum atomic E-state index is 11.7. The lowest BCUT2D eigenvalue weighted by molar-refractivity contribution is -0.137. The molecule has 10 heteroatoms. The lowest BCUT2D eigenvalue weighted by Gasteiger charge is -2.18. The van der Waals surface area contributed by atoms with Crippen LogP contribution in [0.3, 0.4) is 0 Å². The van der Waals surface area contributed by atoms with Gasteiger partial charge in [-0.3, -0.25) is 14.9 Å². The molecule has 110 valence electrons. The number of carbonyl (C=O) groups excluding carboxylic acids is 2. The second kappa shape index (κ2) is 7.37. The Balaban J connectivity index is 3.26. The van der Waals surface area contributed by atoms with Crippen molar-refractivity contribution in [3.8, 4) is 0 Å². The van der Waals surface area contributed by atoms with E-state index in [9.17, 15) is 14.7 Å². The number of benzene rings is 1. The van der Waals surface area contributed by atoms with Crippen LogP contribution in [0.2, 0.25) is 0 Å². The Morgan fingerprint density at radius 3 is 1.95 bits per heavy atom. The smallest absolute Gasteiger partial charge is 0.260 e. The lowest BCUT2D eigenvalue weighted by atomic mass is 10.1. The van der Waals surface area contributed by atoms with E-state index in [0.29, 0.717) is 22.1 Å². The third-order valence-corrected chi connectivity index (χ3v) is 5.83. The number of rotatable bonds is 3. The fourth-order valence-corrected chi connectivity index (χ4v) is 5.10. The summed E-state index contributed by atoms with van der Waals surface area (Å²) in [5, 5.41) is 20.5.